The molecule has 8 heteroatoms. The molecule has 1 atom stereocenters. The molecule has 1 saturated heterocycles. The number of nitrogens with zero attached hydrogens (tertiary/aromatic N) is 2. The van der Waals surface area contributed by atoms with Crippen molar-refractivity contribution in [1.82, 2.24) is 15.5 Å². The number of aryl methyl sites for hydroxylation is 1. The molecule has 2 N–H and O–H groups in total. The van der Waals surface area contributed by atoms with Crippen LogP contribution in [0, 0.1) is 12.8 Å². The van der Waals surface area contributed by atoms with Crippen LogP contribution in [0.25, 0.3) is 0 Å². The lowest BCUT2D eigenvalue weighted by atomic mass is 10.1. The summed E-state index contributed by atoms with van der Waals surface area (Å²) in [5.41, 5.74) is 1.81. The number of hydrogen-bond acceptors (Lipinski definition) is 4. The third-order valence-corrected chi connectivity index (χ3v) is 5.95. The van der Waals surface area contributed by atoms with Gasteiger partial charge in [-0.3, -0.25) is 4.99 Å². The Bertz CT molecular complexity index is 722. The molecule has 1 unspecified atom stereocenters. The van der Waals surface area contributed by atoms with Crippen molar-refractivity contribution in [3.63, 3.8) is 0 Å². The molecule has 1 aromatic rings. The molecule has 26 heavy (non-hydrogen) atoms. The average molecular weight is 494 g/mol. The average Bonchev–Trinajstić information content (AvgIpc) is 3.02. The van der Waals surface area contributed by atoms with Crippen LogP contribution in [0.4, 0.5) is 0 Å². The predicted molar refractivity (Wildman–Crippen MR) is 118 cm³/mol. The molecular formula is C18H31IN4O2S. The van der Waals surface area contributed by atoms with Gasteiger partial charge in [-0.05, 0) is 49.5 Å². The number of likely N-dealkylation sites (tertiary alicyclic amines) is 1. The summed E-state index contributed by atoms with van der Waals surface area (Å²) >= 11 is 0. The Balaban J connectivity index is 0.00000338. The van der Waals surface area contributed by atoms with Gasteiger partial charge in [-0.25, -0.2) is 8.42 Å². The molecule has 0 aromatic heterocycles. The van der Waals surface area contributed by atoms with E-state index < -0.39 is 9.84 Å². The second-order valence-electron chi connectivity index (χ2n) is 6.73. The number of nitrogens with one attached hydrogen (secondary N) is 2. The number of benzene rings is 1. The lowest BCUT2D eigenvalue weighted by Gasteiger charge is -2.16. The highest BCUT2D eigenvalue weighted by atomic mass is 127. The van der Waals surface area contributed by atoms with Gasteiger partial charge in [0.05, 0.1) is 4.90 Å². The van der Waals surface area contributed by atoms with E-state index in [1.165, 1.54) is 19.2 Å². The number of halogens is 1. The highest BCUT2D eigenvalue weighted by Gasteiger charge is 2.21. The summed E-state index contributed by atoms with van der Waals surface area (Å²) in [5, 5.41) is 6.69. The highest BCUT2D eigenvalue weighted by Crippen LogP contribution is 2.17. The summed E-state index contributed by atoms with van der Waals surface area (Å²) in [4.78, 5) is 7.12. The monoisotopic (exact) mass is 494 g/mol. The minimum atomic E-state index is -3.17. The number of hydrogen-bond donors (Lipinski definition) is 2. The summed E-state index contributed by atoms with van der Waals surface area (Å²) in [6.07, 6.45) is 2.46. The maximum absolute atomic E-state index is 11.7. The van der Waals surface area contributed by atoms with Crippen molar-refractivity contribution in [3.05, 3.63) is 29.3 Å². The van der Waals surface area contributed by atoms with Gasteiger partial charge in [0.2, 0.25) is 0 Å². The zero-order chi connectivity index (χ0) is 18.4. The van der Waals surface area contributed by atoms with Crippen LogP contribution in [-0.2, 0) is 16.4 Å². The fourth-order valence-corrected chi connectivity index (χ4v) is 4.21. The molecule has 0 saturated carbocycles. The van der Waals surface area contributed by atoms with E-state index in [1.807, 2.05) is 19.1 Å². The molecular weight excluding hydrogens is 463 g/mol. The second-order valence-corrected chi connectivity index (χ2v) is 8.71. The first-order chi connectivity index (χ1) is 11.8. The fourth-order valence-electron chi connectivity index (χ4n) is 3.25. The minimum absolute atomic E-state index is 0. The zero-order valence-corrected chi connectivity index (χ0v) is 19.2. The standard InChI is InChI=1S/C18H30N4O2S.HI/c1-5-22-9-8-16(13-22)12-21-18(19-3)20-11-15-6-7-17(14(2)10-15)25(4,23)24;/h6-7,10,16H,5,8-9,11-13H2,1-4H3,(H2,19,20,21);1H. The van der Waals surface area contributed by atoms with E-state index in [-0.39, 0.29) is 24.0 Å². The summed E-state index contributed by atoms with van der Waals surface area (Å²) in [7, 11) is -1.41. The molecule has 0 aliphatic carbocycles. The molecule has 1 aliphatic heterocycles. The van der Waals surface area contributed by atoms with E-state index in [0.29, 0.717) is 17.4 Å². The van der Waals surface area contributed by atoms with Gasteiger partial charge in [-0.15, -0.1) is 24.0 Å². The van der Waals surface area contributed by atoms with Crippen LogP contribution in [0.1, 0.15) is 24.5 Å². The van der Waals surface area contributed by atoms with Crippen molar-refractivity contribution in [2.75, 3.05) is 39.5 Å². The van der Waals surface area contributed by atoms with E-state index in [2.05, 4.69) is 27.4 Å². The lowest BCUT2D eigenvalue weighted by molar-refractivity contribution is 0.342. The smallest absolute Gasteiger partial charge is 0.191 e. The number of aliphatic imine (C=N–C) groups is 1. The molecule has 0 amide bonds. The Hall–Kier alpha value is -0.870. The number of sulfone groups is 1. The normalized spacial score (nSPS) is 18.5. The van der Waals surface area contributed by atoms with Crippen molar-refractivity contribution in [1.29, 1.82) is 0 Å². The van der Waals surface area contributed by atoms with Crippen LogP contribution in [0.15, 0.2) is 28.1 Å². The van der Waals surface area contributed by atoms with Gasteiger partial charge < -0.3 is 15.5 Å². The largest absolute Gasteiger partial charge is 0.356 e. The first kappa shape index (κ1) is 23.2. The molecule has 1 aromatic carbocycles. The molecule has 6 nitrogen and oxygen atoms in total. The molecule has 148 valence electrons. The highest BCUT2D eigenvalue weighted by molar-refractivity contribution is 14.0. The second kappa shape index (κ2) is 10.5. The van der Waals surface area contributed by atoms with E-state index in [4.69, 9.17) is 0 Å². The molecule has 0 spiro atoms. The first-order valence-corrected chi connectivity index (χ1v) is 10.7. The van der Waals surface area contributed by atoms with Crippen LogP contribution >= 0.6 is 24.0 Å². The lowest BCUT2D eigenvalue weighted by Crippen LogP contribution is -2.39. The van der Waals surface area contributed by atoms with Gasteiger partial charge in [0.15, 0.2) is 15.8 Å². The van der Waals surface area contributed by atoms with Gasteiger partial charge in [0.1, 0.15) is 0 Å². The van der Waals surface area contributed by atoms with Crippen LogP contribution in [0.2, 0.25) is 0 Å². The SMILES string of the molecule is CCN1CCC(CNC(=NC)NCc2ccc(S(C)(=O)=O)c(C)c2)C1.I. The van der Waals surface area contributed by atoms with Gasteiger partial charge >= 0.3 is 0 Å². The summed E-state index contributed by atoms with van der Waals surface area (Å²) in [5.74, 6) is 1.44. The Morgan fingerprint density at radius 1 is 1.35 bits per heavy atom. The Kier molecular flexibility index (Phi) is 9.32. The predicted octanol–water partition coefficient (Wildman–Crippen LogP) is 2.02. The van der Waals surface area contributed by atoms with Crippen molar-refractivity contribution < 1.29 is 8.42 Å². The maximum Gasteiger partial charge on any atom is 0.191 e. The fraction of sp³-hybridized carbons (Fsp3) is 0.611. The van der Waals surface area contributed by atoms with Crippen molar-refractivity contribution in [3.8, 4) is 0 Å². The van der Waals surface area contributed by atoms with Crippen LogP contribution in [0.3, 0.4) is 0 Å². The van der Waals surface area contributed by atoms with Crippen LogP contribution < -0.4 is 10.6 Å². The third-order valence-electron chi connectivity index (χ3n) is 4.70. The summed E-state index contributed by atoms with van der Waals surface area (Å²) in [6, 6.07) is 5.43. The van der Waals surface area contributed by atoms with Gasteiger partial charge in [-0.2, -0.15) is 0 Å². The van der Waals surface area contributed by atoms with E-state index >= 15 is 0 Å². The number of guanidine groups is 1. The van der Waals surface area contributed by atoms with Crippen molar-refractivity contribution in [2.45, 2.75) is 31.7 Å². The van der Waals surface area contributed by atoms with Crippen LogP contribution in [0.5, 0.6) is 0 Å². The van der Waals surface area contributed by atoms with E-state index in [1.54, 1.807) is 13.1 Å². The van der Waals surface area contributed by atoms with Crippen LogP contribution in [-0.4, -0.2) is 58.8 Å². The molecule has 0 radical (unpaired) electrons. The molecule has 0 bridgehead atoms. The Labute approximate surface area is 174 Å². The minimum Gasteiger partial charge on any atom is -0.356 e. The van der Waals surface area contributed by atoms with Gasteiger partial charge in [0, 0.05) is 32.9 Å². The molecule has 1 heterocycles. The molecule has 2 rings (SSSR count). The van der Waals surface area contributed by atoms with E-state index in [9.17, 15) is 8.42 Å². The summed E-state index contributed by atoms with van der Waals surface area (Å²) in [6.45, 7) is 9.00. The maximum atomic E-state index is 11.7. The van der Waals surface area contributed by atoms with Gasteiger partial charge in [0.25, 0.3) is 0 Å². The Morgan fingerprint density at radius 2 is 2.08 bits per heavy atom. The van der Waals surface area contributed by atoms with E-state index in [0.717, 1.165) is 36.7 Å². The molecule has 1 fully saturated rings. The third kappa shape index (κ3) is 6.70. The first-order valence-electron chi connectivity index (χ1n) is 8.80. The molecule has 1 aliphatic rings. The quantitative estimate of drug-likeness (QED) is 0.360. The summed E-state index contributed by atoms with van der Waals surface area (Å²) < 4.78 is 23.4. The Morgan fingerprint density at radius 3 is 2.62 bits per heavy atom. The topological polar surface area (TPSA) is 73.8 Å². The van der Waals surface area contributed by atoms with Crippen molar-refractivity contribution >= 4 is 39.8 Å². The zero-order valence-electron chi connectivity index (χ0n) is 16.1. The van der Waals surface area contributed by atoms with Gasteiger partial charge in [-0.1, -0.05) is 19.1 Å². The van der Waals surface area contributed by atoms with Crippen molar-refractivity contribution in [2.24, 2.45) is 10.9 Å². The number of rotatable bonds is 6.